The number of fused-ring (bicyclic) bond motifs is 3. The molecule has 0 bridgehead atoms. The van der Waals surface area contributed by atoms with Crippen LogP contribution in [0.5, 0.6) is 0 Å². The van der Waals surface area contributed by atoms with Crippen LogP contribution in [0.25, 0.3) is 27.7 Å². The molecule has 2 aromatic heterocycles. The van der Waals surface area contributed by atoms with Crippen molar-refractivity contribution >= 4 is 37.8 Å². The average Bonchev–Trinajstić information content (AvgIpc) is 3.21. The highest BCUT2D eigenvalue weighted by Gasteiger charge is 2.20. The molecular weight excluding hydrogens is 440 g/mol. The van der Waals surface area contributed by atoms with E-state index in [1.165, 1.54) is 0 Å². The van der Waals surface area contributed by atoms with Gasteiger partial charge in [0.15, 0.2) is 11.5 Å². The predicted octanol–water partition coefficient (Wildman–Crippen LogP) is 3.11. The highest BCUT2D eigenvalue weighted by atomic mass is 32.2. The summed E-state index contributed by atoms with van der Waals surface area (Å²) in [5.41, 5.74) is 3.64. The minimum absolute atomic E-state index is 0.528. The van der Waals surface area contributed by atoms with Gasteiger partial charge >= 0.3 is 0 Å². The van der Waals surface area contributed by atoms with Gasteiger partial charge in [-0.1, -0.05) is 37.3 Å². The Morgan fingerprint density at radius 2 is 1.82 bits per heavy atom. The molecular formula is C23H26N6O3S. The molecule has 0 saturated carbocycles. The number of ether oxygens (including phenoxy) is 1. The summed E-state index contributed by atoms with van der Waals surface area (Å²) in [4.78, 5) is 2.13. The Labute approximate surface area is 192 Å². The Bertz CT molecular complexity index is 1430. The third kappa shape index (κ3) is 4.23. The first kappa shape index (κ1) is 21.6. The number of benzene rings is 2. The standard InChI is InChI=1S/C23H26N6O3S/c1-3-6-21-24-25-23-18-8-5-4-7-17(18)22(26-29(21)23)16-9-10-20(28-11-13-32-14-12-28)19(15-16)27-33(2,30)31/h4-5,7-10,15,27H,3,6,11-14H2,1-2H3. The fraction of sp³-hybridized carbons (Fsp3) is 0.348. The van der Waals surface area contributed by atoms with Gasteiger partial charge in [-0.25, -0.2) is 8.42 Å². The van der Waals surface area contributed by atoms with E-state index in [2.05, 4.69) is 26.7 Å². The van der Waals surface area contributed by atoms with E-state index >= 15 is 0 Å². The van der Waals surface area contributed by atoms with Crippen molar-refractivity contribution in [2.24, 2.45) is 0 Å². The SMILES string of the molecule is CCCc1nnc2c3ccccc3c(-c3ccc(N4CCOCC4)c(NS(C)(=O)=O)c3)nn12. The maximum absolute atomic E-state index is 12.2. The summed E-state index contributed by atoms with van der Waals surface area (Å²) in [6, 6.07) is 13.7. The van der Waals surface area contributed by atoms with E-state index in [9.17, 15) is 8.42 Å². The molecule has 172 valence electrons. The summed E-state index contributed by atoms with van der Waals surface area (Å²) in [6.45, 7) is 4.71. The molecule has 5 rings (SSSR count). The second-order valence-electron chi connectivity index (χ2n) is 8.20. The van der Waals surface area contributed by atoms with E-state index in [-0.39, 0.29) is 0 Å². The molecule has 0 aliphatic carbocycles. The summed E-state index contributed by atoms with van der Waals surface area (Å²) < 4.78 is 34.3. The van der Waals surface area contributed by atoms with Crippen LogP contribution in [0, 0.1) is 0 Å². The Morgan fingerprint density at radius 3 is 2.55 bits per heavy atom. The second kappa shape index (κ2) is 8.60. The van der Waals surface area contributed by atoms with E-state index in [1.54, 1.807) is 4.52 Å². The molecule has 4 aromatic rings. The lowest BCUT2D eigenvalue weighted by molar-refractivity contribution is 0.123. The first-order valence-electron chi connectivity index (χ1n) is 11.0. The Hall–Kier alpha value is -3.24. The quantitative estimate of drug-likeness (QED) is 0.466. The van der Waals surface area contributed by atoms with E-state index in [1.807, 2.05) is 42.5 Å². The fourth-order valence-corrected chi connectivity index (χ4v) is 4.82. The van der Waals surface area contributed by atoms with Crippen LogP contribution in [-0.4, -0.2) is 60.8 Å². The van der Waals surface area contributed by atoms with Crippen LogP contribution in [0.1, 0.15) is 19.2 Å². The van der Waals surface area contributed by atoms with Gasteiger partial charge in [-0.2, -0.15) is 9.61 Å². The van der Waals surface area contributed by atoms with Gasteiger partial charge in [0.05, 0.1) is 36.5 Å². The maximum Gasteiger partial charge on any atom is 0.229 e. The summed E-state index contributed by atoms with van der Waals surface area (Å²) in [5.74, 6) is 0.805. The summed E-state index contributed by atoms with van der Waals surface area (Å²) in [7, 11) is -3.47. The van der Waals surface area contributed by atoms with Crippen LogP contribution in [-0.2, 0) is 21.2 Å². The largest absolute Gasteiger partial charge is 0.378 e. The second-order valence-corrected chi connectivity index (χ2v) is 9.95. The van der Waals surface area contributed by atoms with Crippen LogP contribution in [0.2, 0.25) is 0 Å². The van der Waals surface area contributed by atoms with Gasteiger partial charge in [-0.15, -0.1) is 10.2 Å². The monoisotopic (exact) mass is 466 g/mol. The van der Waals surface area contributed by atoms with Gasteiger partial charge in [-0.05, 0) is 18.6 Å². The highest BCUT2D eigenvalue weighted by Crippen LogP contribution is 2.35. The average molecular weight is 467 g/mol. The first-order valence-corrected chi connectivity index (χ1v) is 12.9. The number of nitrogens with one attached hydrogen (secondary N) is 1. The van der Waals surface area contributed by atoms with Gasteiger partial charge in [0.2, 0.25) is 10.0 Å². The molecule has 0 unspecified atom stereocenters. The van der Waals surface area contributed by atoms with Crippen molar-refractivity contribution in [3.8, 4) is 11.3 Å². The minimum atomic E-state index is -3.47. The van der Waals surface area contributed by atoms with Gasteiger partial charge in [0.1, 0.15) is 0 Å². The third-order valence-electron chi connectivity index (χ3n) is 5.72. The minimum Gasteiger partial charge on any atom is -0.378 e. The molecule has 1 aliphatic rings. The lowest BCUT2D eigenvalue weighted by Gasteiger charge is -2.30. The van der Waals surface area contributed by atoms with Gasteiger partial charge < -0.3 is 9.64 Å². The Kier molecular flexibility index (Phi) is 5.63. The molecule has 0 atom stereocenters. The Balaban J connectivity index is 1.71. The Morgan fingerprint density at radius 1 is 1.06 bits per heavy atom. The molecule has 1 aliphatic heterocycles. The maximum atomic E-state index is 12.2. The van der Waals surface area contributed by atoms with Gasteiger partial charge in [0, 0.05) is 35.8 Å². The zero-order valence-electron chi connectivity index (χ0n) is 18.7. The number of hydrogen-bond acceptors (Lipinski definition) is 7. The summed E-state index contributed by atoms with van der Waals surface area (Å²) in [6.07, 6.45) is 2.86. The molecule has 10 heteroatoms. The molecule has 33 heavy (non-hydrogen) atoms. The topological polar surface area (TPSA) is 102 Å². The molecule has 0 radical (unpaired) electrons. The van der Waals surface area contributed by atoms with Gasteiger partial charge in [-0.3, -0.25) is 4.72 Å². The van der Waals surface area contributed by atoms with Crippen molar-refractivity contribution in [1.29, 1.82) is 0 Å². The van der Waals surface area contributed by atoms with Crippen molar-refractivity contribution in [2.75, 3.05) is 42.2 Å². The van der Waals surface area contributed by atoms with Gasteiger partial charge in [0.25, 0.3) is 0 Å². The van der Waals surface area contributed by atoms with Crippen LogP contribution < -0.4 is 9.62 Å². The lowest BCUT2D eigenvalue weighted by Crippen LogP contribution is -2.36. The zero-order valence-corrected chi connectivity index (χ0v) is 19.5. The van der Waals surface area contributed by atoms with E-state index in [0.29, 0.717) is 32.0 Å². The normalized spacial score (nSPS) is 14.8. The van der Waals surface area contributed by atoms with Crippen molar-refractivity contribution < 1.29 is 13.2 Å². The smallest absolute Gasteiger partial charge is 0.229 e. The van der Waals surface area contributed by atoms with Crippen LogP contribution >= 0.6 is 0 Å². The number of aryl methyl sites for hydroxylation is 1. The molecule has 0 spiro atoms. The van der Waals surface area contributed by atoms with Crippen molar-refractivity contribution in [3.05, 3.63) is 48.3 Å². The lowest BCUT2D eigenvalue weighted by atomic mass is 10.0. The van der Waals surface area contributed by atoms with Crippen LogP contribution in [0.15, 0.2) is 42.5 Å². The molecule has 1 saturated heterocycles. The molecule has 2 aromatic carbocycles. The molecule has 3 heterocycles. The number of rotatable bonds is 6. The van der Waals surface area contributed by atoms with E-state index in [4.69, 9.17) is 9.84 Å². The summed E-state index contributed by atoms with van der Waals surface area (Å²) in [5, 5.41) is 15.5. The predicted molar refractivity (Wildman–Crippen MR) is 129 cm³/mol. The van der Waals surface area contributed by atoms with Crippen molar-refractivity contribution in [2.45, 2.75) is 19.8 Å². The summed E-state index contributed by atoms with van der Waals surface area (Å²) >= 11 is 0. The first-order chi connectivity index (χ1) is 15.9. The molecule has 0 amide bonds. The fourth-order valence-electron chi connectivity index (χ4n) is 4.26. The number of sulfonamides is 1. The molecule has 9 nitrogen and oxygen atoms in total. The third-order valence-corrected chi connectivity index (χ3v) is 6.31. The number of hydrogen-bond donors (Lipinski definition) is 1. The van der Waals surface area contributed by atoms with Crippen LogP contribution in [0.3, 0.4) is 0 Å². The van der Waals surface area contributed by atoms with Crippen LogP contribution in [0.4, 0.5) is 11.4 Å². The van der Waals surface area contributed by atoms with Crippen molar-refractivity contribution in [3.63, 3.8) is 0 Å². The molecule has 1 N–H and O–H groups in total. The van der Waals surface area contributed by atoms with E-state index in [0.717, 1.165) is 58.3 Å². The number of morpholine rings is 1. The number of anilines is 2. The van der Waals surface area contributed by atoms with E-state index < -0.39 is 10.0 Å². The highest BCUT2D eigenvalue weighted by molar-refractivity contribution is 7.92. The zero-order chi connectivity index (χ0) is 23.0. The number of nitrogens with zero attached hydrogens (tertiary/aromatic N) is 5. The van der Waals surface area contributed by atoms with Crippen molar-refractivity contribution in [1.82, 2.24) is 19.8 Å². The number of aromatic nitrogens is 4. The molecule has 1 fully saturated rings.